The van der Waals surface area contributed by atoms with Gasteiger partial charge in [-0.15, -0.1) is 12.4 Å². The van der Waals surface area contributed by atoms with Crippen LogP contribution in [-0.2, 0) is 9.59 Å². The molecular formula is C20H29ClN2O3. The van der Waals surface area contributed by atoms with Crippen molar-refractivity contribution in [2.24, 2.45) is 5.92 Å². The number of para-hydroxylation sites is 2. The molecule has 2 fully saturated rings. The highest BCUT2D eigenvalue weighted by Gasteiger charge is 2.26. The Labute approximate surface area is 162 Å². The summed E-state index contributed by atoms with van der Waals surface area (Å²) in [6.07, 6.45) is 6.11. The molecular weight excluding hydrogens is 352 g/mol. The van der Waals surface area contributed by atoms with Gasteiger partial charge in [-0.05, 0) is 50.2 Å². The number of rotatable bonds is 6. The van der Waals surface area contributed by atoms with Crippen molar-refractivity contribution in [3.63, 3.8) is 0 Å². The fraction of sp³-hybridized carbons (Fsp3) is 0.600. The maximum atomic E-state index is 11.8. The Morgan fingerprint density at radius 1 is 1.08 bits per heavy atom. The predicted octanol–water partition coefficient (Wildman–Crippen LogP) is 3.65. The summed E-state index contributed by atoms with van der Waals surface area (Å²) < 4.78 is 5.47. The lowest BCUT2D eigenvalue weighted by atomic mass is 9.91. The largest absolute Gasteiger partial charge is 0.495 e. The molecule has 0 aromatic heterocycles. The first kappa shape index (κ1) is 20.6. The standard InChI is InChI=1S/C20H28N2O3.ClH/c1-25-18-8-3-2-7-17(18)21-14-11-16(12-15-21)6-5-13-22-19(23)9-4-10-20(22)24;/h2-3,7-8,16H,4-6,9-15H2,1H3;1H. The average molecular weight is 381 g/mol. The van der Waals surface area contributed by atoms with E-state index in [9.17, 15) is 9.59 Å². The second-order valence-corrected chi connectivity index (χ2v) is 7.04. The lowest BCUT2D eigenvalue weighted by Gasteiger charge is -2.34. The molecule has 3 rings (SSSR count). The molecule has 2 saturated heterocycles. The number of halogens is 1. The normalized spacial score (nSPS) is 18.7. The van der Waals surface area contributed by atoms with Gasteiger partial charge in [0.25, 0.3) is 0 Å². The molecule has 2 aliphatic heterocycles. The quantitative estimate of drug-likeness (QED) is 0.707. The van der Waals surface area contributed by atoms with Gasteiger partial charge in [0, 0.05) is 32.5 Å². The first-order valence-electron chi connectivity index (χ1n) is 9.40. The summed E-state index contributed by atoms with van der Waals surface area (Å²) >= 11 is 0. The maximum absolute atomic E-state index is 11.8. The Balaban J connectivity index is 0.00000243. The molecule has 2 heterocycles. The molecule has 0 N–H and O–H groups in total. The minimum absolute atomic E-state index is 0. The van der Waals surface area contributed by atoms with Gasteiger partial charge in [-0.2, -0.15) is 0 Å². The van der Waals surface area contributed by atoms with Crippen LogP contribution in [0, 0.1) is 5.92 Å². The van der Waals surface area contributed by atoms with Crippen LogP contribution in [0.3, 0.4) is 0 Å². The monoisotopic (exact) mass is 380 g/mol. The second-order valence-electron chi connectivity index (χ2n) is 7.04. The molecule has 2 aliphatic rings. The van der Waals surface area contributed by atoms with E-state index in [-0.39, 0.29) is 24.2 Å². The van der Waals surface area contributed by atoms with Gasteiger partial charge in [-0.25, -0.2) is 0 Å². The molecule has 0 bridgehead atoms. The molecule has 0 radical (unpaired) electrons. The Morgan fingerprint density at radius 3 is 2.38 bits per heavy atom. The summed E-state index contributed by atoms with van der Waals surface area (Å²) in [4.78, 5) is 27.5. The van der Waals surface area contributed by atoms with Gasteiger partial charge in [0.1, 0.15) is 5.75 Å². The number of carbonyl (C=O) groups excluding carboxylic acids is 2. The number of carbonyl (C=O) groups is 2. The van der Waals surface area contributed by atoms with Crippen LogP contribution in [0.5, 0.6) is 5.75 Å². The Morgan fingerprint density at radius 2 is 1.73 bits per heavy atom. The molecule has 1 aromatic rings. The van der Waals surface area contributed by atoms with E-state index in [1.54, 1.807) is 7.11 Å². The number of imide groups is 1. The molecule has 0 unspecified atom stereocenters. The van der Waals surface area contributed by atoms with E-state index in [1.165, 1.54) is 10.6 Å². The van der Waals surface area contributed by atoms with Crippen LogP contribution < -0.4 is 9.64 Å². The van der Waals surface area contributed by atoms with Crippen molar-refractivity contribution in [1.29, 1.82) is 0 Å². The molecule has 1 aromatic carbocycles. The highest BCUT2D eigenvalue weighted by atomic mass is 35.5. The number of likely N-dealkylation sites (tertiary alicyclic amines) is 1. The topological polar surface area (TPSA) is 49.9 Å². The number of benzene rings is 1. The van der Waals surface area contributed by atoms with Gasteiger partial charge in [0.2, 0.25) is 11.8 Å². The fourth-order valence-electron chi connectivity index (χ4n) is 3.94. The second kappa shape index (κ2) is 9.81. The molecule has 0 atom stereocenters. The first-order valence-corrected chi connectivity index (χ1v) is 9.40. The van der Waals surface area contributed by atoms with Gasteiger partial charge in [-0.1, -0.05) is 12.1 Å². The van der Waals surface area contributed by atoms with Crippen molar-refractivity contribution < 1.29 is 14.3 Å². The third-order valence-corrected chi connectivity index (χ3v) is 5.42. The number of anilines is 1. The van der Waals surface area contributed by atoms with Gasteiger partial charge in [-0.3, -0.25) is 14.5 Å². The van der Waals surface area contributed by atoms with Crippen molar-refractivity contribution in [1.82, 2.24) is 4.90 Å². The zero-order chi connectivity index (χ0) is 17.6. The summed E-state index contributed by atoms with van der Waals surface area (Å²) in [7, 11) is 1.72. The van der Waals surface area contributed by atoms with E-state index in [1.807, 2.05) is 12.1 Å². The number of amides is 2. The van der Waals surface area contributed by atoms with E-state index in [4.69, 9.17) is 4.74 Å². The van der Waals surface area contributed by atoms with Crippen molar-refractivity contribution >= 4 is 29.9 Å². The zero-order valence-corrected chi connectivity index (χ0v) is 16.3. The van der Waals surface area contributed by atoms with Crippen LogP contribution in [0.2, 0.25) is 0 Å². The minimum atomic E-state index is 0. The number of methoxy groups -OCH3 is 1. The highest BCUT2D eigenvalue weighted by Crippen LogP contribution is 2.32. The van der Waals surface area contributed by atoms with Crippen molar-refractivity contribution in [3.8, 4) is 5.75 Å². The van der Waals surface area contributed by atoms with Crippen molar-refractivity contribution in [2.45, 2.75) is 44.9 Å². The molecule has 6 heteroatoms. The first-order chi connectivity index (χ1) is 12.2. The Bertz CT molecular complexity index is 599. The van der Waals surface area contributed by atoms with Crippen LogP contribution in [0.25, 0.3) is 0 Å². The van der Waals surface area contributed by atoms with E-state index in [0.29, 0.717) is 25.3 Å². The fourth-order valence-corrected chi connectivity index (χ4v) is 3.94. The van der Waals surface area contributed by atoms with Crippen molar-refractivity contribution in [2.75, 3.05) is 31.6 Å². The molecule has 144 valence electrons. The Hall–Kier alpha value is -1.75. The lowest BCUT2D eigenvalue weighted by Crippen LogP contribution is -2.41. The van der Waals surface area contributed by atoms with Gasteiger partial charge < -0.3 is 9.64 Å². The summed E-state index contributed by atoms with van der Waals surface area (Å²) in [5, 5.41) is 0. The number of piperidine rings is 2. The van der Waals surface area contributed by atoms with Gasteiger partial charge in [0.05, 0.1) is 12.8 Å². The van der Waals surface area contributed by atoms with E-state index < -0.39 is 0 Å². The van der Waals surface area contributed by atoms with Crippen LogP contribution in [-0.4, -0.2) is 43.5 Å². The zero-order valence-electron chi connectivity index (χ0n) is 15.5. The van der Waals surface area contributed by atoms with Crippen LogP contribution in [0.4, 0.5) is 5.69 Å². The highest BCUT2D eigenvalue weighted by molar-refractivity contribution is 5.97. The molecule has 0 aliphatic carbocycles. The summed E-state index contributed by atoms with van der Waals surface area (Å²) in [5.74, 6) is 1.65. The SMILES string of the molecule is COc1ccccc1N1CCC(CCCN2C(=O)CCCC2=O)CC1.Cl. The minimum Gasteiger partial charge on any atom is -0.495 e. The third-order valence-electron chi connectivity index (χ3n) is 5.42. The smallest absolute Gasteiger partial charge is 0.229 e. The summed E-state index contributed by atoms with van der Waals surface area (Å²) in [6, 6.07) is 8.18. The van der Waals surface area contributed by atoms with E-state index in [0.717, 1.165) is 50.9 Å². The lowest BCUT2D eigenvalue weighted by molar-refractivity contribution is -0.148. The summed E-state index contributed by atoms with van der Waals surface area (Å²) in [5.41, 5.74) is 1.17. The van der Waals surface area contributed by atoms with Gasteiger partial charge in [0.15, 0.2) is 0 Å². The Kier molecular flexibility index (Phi) is 7.76. The number of hydrogen-bond donors (Lipinski definition) is 0. The average Bonchev–Trinajstić information content (AvgIpc) is 2.65. The van der Waals surface area contributed by atoms with Crippen molar-refractivity contribution in [3.05, 3.63) is 24.3 Å². The molecule has 26 heavy (non-hydrogen) atoms. The maximum Gasteiger partial charge on any atom is 0.229 e. The number of hydrogen-bond acceptors (Lipinski definition) is 4. The molecule has 5 nitrogen and oxygen atoms in total. The van der Waals surface area contributed by atoms with Gasteiger partial charge >= 0.3 is 0 Å². The molecule has 0 saturated carbocycles. The predicted molar refractivity (Wildman–Crippen MR) is 105 cm³/mol. The number of ether oxygens (including phenoxy) is 1. The van der Waals surface area contributed by atoms with Crippen LogP contribution in [0.15, 0.2) is 24.3 Å². The van der Waals surface area contributed by atoms with Crippen LogP contribution >= 0.6 is 12.4 Å². The molecule has 2 amide bonds. The molecule has 0 spiro atoms. The third kappa shape index (κ3) is 4.91. The number of nitrogens with zero attached hydrogens (tertiary/aromatic N) is 2. The summed E-state index contributed by atoms with van der Waals surface area (Å²) in [6.45, 7) is 2.67. The van der Waals surface area contributed by atoms with E-state index in [2.05, 4.69) is 17.0 Å². The van der Waals surface area contributed by atoms with Crippen LogP contribution in [0.1, 0.15) is 44.9 Å². The van der Waals surface area contributed by atoms with E-state index >= 15 is 0 Å².